The molecule has 22 heavy (non-hydrogen) atoms. The topological polar surface area (TPSA) is 46.4 Å². The highest BCUT2D eigenvalue weighted by molar-refractivity contribution is 6.30. The molecular formula is C16H13Cl2N3O. The third kappa shape index (κ3) is 3.59. The molecule has 0 radical (unpaired) electrons. The van der Waals surface area contributed by atoms with Gasteiger partial charge in [-0.15, -0.1) is 0 Å². The molecule has 0 aliphatic rings. The molecule has 0 saturated heterocycles. The van der Waals surface area contributed by atoms with Gasteiger partial charge in [0.2, 0.25) is 5.91 Å². The molecule has 1 amide bonds. The van der Waals surface area contributed by atoms with Gasteiger partial charge in [0.25, 0.3) is 0 Å². The molecular weight excluding hydrogens is 321 g/mol. The third-order valence-electron chi connectivity index (χ3n) is 3.21. The largest absolute Gasteiger partial charge is 0.352 e. The van der Waals surface area contributed by atoms with E-state index in [0.29, 0.717) is 22.3 Å². The second-order valence-electron chi connectivity index (χ2n) is 4.92. The summed E-state index contributed by atoms with van der Waals surface area (Å²) < 4.78 is 1.81. The van der Waals surface area contributed by atoms with Gasteiger partial charge < -0.3 is 9.72 Å². The number of hydrogen-bond acceptors (Lipinski definition) is 2. The summed E-state index contributed by atoms with van der Waals surface area (Å²) in [5.74, 6) is -0.0792. The molecule has 3 rings (SSSR count). The lowest BCUT2D eigenvalue weighted by atomic mass is 10.2. The molecule has 0 spiro atoms. The molecule has 1 aromatic carbocycles. The molecule has 0 fully saturated rings. The molecule has 0 bridgehead atoms. The first-order valence-electron chi connectivity index (χ1n) is 6.74. The first kappa shape index (κ1) is 14.9. The number of fused-ring (bicyclic) bond motifs is 1. The van der Waals surface area contributed by atoms with Gasteiger partial charge >= 0.3 is 0 Å². The normalized spacial score (nSPS) is 10.8. The zero-order valence-corrected chi connectivity index (χ0v) is 13.1. The maximum atomic E-state index is 12.0. The number of amides is 1. The van der Waals surface area contributed by atoms with Crippen LogP contribution < -0.4 is 5.32 Å². The molecule has 0 atom stereocenters. The van der Waals surface area contributed by atoms with Gasteiger partial charge in [0, 0.05) is 24.0 Å². The van der Waals surface area contributed by atoms with Crippen molar-refractivity contribution in [1.29, 1.82) is 0 Å². The lowest BCUT2D eigenvalue weighted by Gasteiger charge is -2.04. The minimum atomic E-state index is -0.0792. The van der Waals surface area contributed by atoms with Crippen LogP contribution in [0.25, 0.3) is 5.65 Å². The van der Waals surface area contributed by atoms with Crippen LogP contribution in [-0.2, 0) is 17.8 Å². The predicted octanol–water partition coefficient (Wildman–Crippen LogP) is 3.50. The summed E-state index contributed by atoms with van der Waals surface area (Å²) in [6, 6.07) is 11.0. The fourth-order valence-electron chi connectivity index (χ4n) is 2.13. The van der Waals surface area contributed by atoms with Crippen LogP contribution in [-0.4, -0.2) is 15.3 Å². The van der Waals surface area contributed by atoms with Gasteiger partial charge in [0.15, 0.2) is 0 Å². The van der Waals surface area contributed by atoms with Gasteiger partial charge in [-0.3, -0.25) is 4.79 Å². The molecule has 2 aromatic heterocycles. The zero-order chi connectivity index (χ0) is 15.5. The molecule has 0 saturated carbocycles. The summed E-state index contributed by atoms with van der Waals surface area (Å²) in [4.78, 5) is 16.4. The highest BCUT2D eigenvalue weighted by Crippen LogP contribution is 2.12. The average Bonchev–Trinajstić information content (AvgIpc) is 2.88. The van der Waals surface area contributed by atoms with Crippen LogP contribution in [0.3, 0.4) is 0 Å². The van der Waals surface area contributed by atoms with Gasteiger partial charge in [-0.25, -0.2) is 4.98 Å². The molecule has 0 aliphatic carbocycles. The van der Waals surface area contributed by atoms with Crippen LogP contribution in [0.2, 0.25) is 10.0 Å². The number of carbonyl (C=O) groups excluding carboxylic acids is 1. The van der Waals surface area contributed by atoms with Crippen LogP contribution in [0.15, 0.2) is 48.8 Å². The Labute approximate surface area is 137 Å². The Balaban J connectivity index is 1.61. The van der Waals surface area contributed by atoms with E-state index in [1.165, 1.54) is 0 Å². The molecule has 0 unspecified atom stereocenters. The van der Waals surface area contributed by atoms with Crippen LogP contribution in [0.4, 0.5) is 0 Å². The highest BCUT2D eigenvalue weighted by atomic mass is 35.5. The predicted molar refractivity (Wildman–Crippen MR) is 87.2 cm³/mol. The zero-order valence-electron chi connectivity index (χ0n) is 11.6. The van der Waals surface area contributed by atoms with E-state index in [-0.39, 0.29) is 12.3 Å². The number of pyridine rings is 1. The quantitative estimate of drug-likeness (QED) is 0.794. The molecule has 6 heteroatoms. The fourth-order valence-corrected chi connectivity index (χ4v) is 2.43. The number of nitrogens with zero attached hydrogens (tertiary/aromatic N) is 2. The average molecular weight is 334 g/mol. The molecule has 4 nitrogen and oxygen atoms in total. The Hall–Kier alpha value is -2.04. The number of aromatic nitrogens is 2. The van der Waals surface area contributed by atoms with Crippen molar-refractivity contribution in [2.45, 2.75) is 13.0 Å². The summed E-state index contributed by atoms with van der Waals surface area (Å²) in [5, 5.41) is 4.17. The van der Waals surface area contributed by atoms with Crippen LogP contribution >= 0.6 is 23.2 Å². The number of halogens is 2. The summed E-state index contributed by atoms with van der Waals surface area (Å²) in [5.41, 5.74) is 2.47. The standard InChI is InChI=1S/C16H13Cl2N3O/c17-12-3-1-11(2-4-12)8-19-16(22)7-14-10-21-9-13(18)5-6-15(21)20-14/h1-6,9-10H,7-8H2,(H,19,22). The number of benzene rings is 1. The van der Waals surface area contributed by atoms with Crippen molar-refractivity contribution in [2.24, 2.45) is 0 Å². The number of rotatable bonds is 4. The van der Waals surface area contributed by atoms with E-state index < -0.39 is 0 Å². The molecule has 112 valence electrons. The number of hydrogen-bond donors (Lipinski definition) is 1. The number of carbonyl (C=O) groups is 1. The summed E-state index contributed by atoms with van der Waals surface area (Å²) in [7, 11) is 0. The van der Waals surface area contributed by atoms with E-state index in [1.54, 1.807) is 24.4 Å². The van der Waals surface area contributed by atoms with Gasteiger partial charge in [-0.2, -0.15) is 0 Å². The lowest BCUT2D eigenvalue weighted by molar-refractivity contribution is -0.120. The third-order valence-corrected chi connectivity index (χ3v) is 3.69. The Bertz CT molecular complexity index is 812. The smallest absolute Gasteiger partial charge is 0.226 e. The number of imidazole rings is 1. The fraction of sp³-hybridized carbons (Fsp3) is 0.125. The maximum absolute atomic E-state index is 12.0. The Morgan fingerprint density at radius 1 is 1.05 bits per heavy atom. The van der Waals surface area contributed by atoms with Crippen molar-refractivity contribution in [3.05, 3.63) is 70.1 Å². The Morgan fingerprint density at radius 3 is 2.55 bits per heavy atom. The van der Waals surface area contributed by atoms with Gasteiger partial charge in [-0.05, 0) is 29.8 Å². The molecule has 2 heterocycles. The van der Waals surface area contributed by atoms with E-state index in [9.17, 15) is 4.79 Å². The van der Waals surface area contributed by atoms with Crippen molar-refractivity contribution < 1.29 is 4.79 Å². The summed E-state index contributed by atoms with van der Waals surface area (Å²) in [6.07, 6.45) is 3.80. The summed E-state index contributed by atoms with van der Waals surface area (Å²) in [6.45, 7) is 0.467. The van der Waals surface area contributed by atoms with Crippen molar-refractivity contribution >= 4 is 34.8 Å². The second kappa shape index (κ2) is 6.38. The van der Waals surface area contributed by atoms with Crippen molar-refractivity contribution in [1.82, 2.24) is 14.7 Å². The monoisotopic (exact) mass is 333 g/mol. The van der Waals surface area contributed by atoms with Crippen molar-refractivity contribution in [2.75, 3.05) is 0 Å². The Kier molecular flexibility index (Phi) is 4.32. The van der Waals surface area contributed by atoms with E-state index in [2.05, 4.69) is 10.3 Å². The number of nitrogens with one attached hydrogen (secondary N) is 1. The first-order valence-corrected chi connectivity index (χ1v) is 7.50. The lowest BCUT2D eigenvalue weighted by Crippen LogP contribution is -2.24. The van der Waals surface area contributed by atoms with Gasteiger partial charge in [-0.1, -0.05) is 35.3 Å². The second-order valence-corrected chi connectivity index (χ2v) is 5.80. The summed E-state index contributed by atoms with van der Waals surface area (Å²) >= 11 is 11.7. The molecule has 1 N–H and O–H groups in total. The SMILES string of the molecule is O=C(Cc1cn2cc(Cl)ccc2n1)NCc1ccc(Cl)cc1. The maximum Gasteiger partial charge on any atom is 0.226 e. The van der Waals surface area contributed by atoms with E-state index >= 15 is 0 Å². The molecule has 0 aliphatic heterocycles. The van der Waals surface area contributed by atoms with E-state index in [0.717, 1.165) is 11.2 Å². The van der Waals surface area contributed by atoms with E-state index in [1.807, 2.05) is 28.8 Å². The van der Waals surface area contributed by atoms with Gasteiger partial charge in [0.05, 0.1) is 17.1 Å². The van der Waals surface area contributed by atoms with Crippen LogP contribution in [0.5, 0.6) is 0 Å². The highest BCUT2D eigenvalue weighted by Gasteiger charge is 2.08. The van der Waals surface area contributed by atoms with Crippen LogP contribution in [0, 0.1) is 0 Å². The van der Waals surface area contributed by atoms with Crippen molar-refractivity contribution in [3.63, 3.8) is 0 Å². The minimum Gasteiger partial charge on any atom is -0.352 e. The minimum absolute atomic E-state index is 0.0792. The van der Waals surface area contributed by atoms with Gasteiger partial charge in [0.1, 0.15) is 5.65 Å². The van der Waals surface area contributed by atoms with Crippen LogP contribution in [0.1, 0.15) is 11.3 Å². The van der Waals surface area contributed by atoms with E-state index in [4.69, 9.17) is 23.2 Å². The Morgan fingerprint density at radius 2 is 1.77 bits per heavy atom. The molecule has 3 aromatic rings. The first-order chi connectivity index (χ1) is 10.6. The van der Waals surface area contributed by atoms with Crippen molar-refractivity contribution in [3.8, 4) is 0 Å².